The molecule has 8 heteroatoms. The zero-order valence-corrected chi connectivity index (χ0v) is 16.9. The Bertz CT molecular complexity index is 856. The highest BCUT2D eigenvalue weighted by Crippen LogP contribution is 2.34. The van der Waals surface area contributed by atoms with Gasteiger partial charge in [-0.3, -0.25) is 9.79 Å². The first kappa shape index (κ1) is 20.6. The number of para-hydroxylation sites is 1. The number of nitrogens with one attached hydrogen (secondary N) is 2. The van der Waals surface area contributed by atoms with Gasteiger partial charge in [0, 0.05) is 19.2 Å². The molecule has 2 aromatic rings. The van der Waals surface area contributed by atoms with Gasteiger partial charge in [-0.15, -0.1) is 0 Å². The molecule has 0 spiro atoms. The van der Waals surface area contributed by atoms with E-state index >= 15 is 0 Å². The molecule has 1 aliphatic rings. The molecule has 1 fully saturated rings. The molecular weight excluding hydrogens is 372 g/mol. The Balaban J connectivity index is 1.61. The molecule has 0 saturated heterocycles. The van der Waals surface area contributed by atoms with Crippen molar-refractivity contribution in [1.29, 1.82) is 0 Å². The number of carbonyl (C=O) groups excluding carboxylic acids is 1. The summed E-state index contributed by atoms with van der Waals surface area (Å²) in [5, 5.41) is 6.42. The van der Waals surface area contributed by atoms with Crippen molar-refractivity contribution in [2.24, 2.45) is 10.7 Å². The molecule has 156 valence electrons. The molecule has 1 heterocycles. The van der Waals surface area contributed by atoms with Crippen LogP contribution < -0.4 is 25.8 Å². The largest absolute Gasteiger partial charge is 0.493 e. The van der Waals surface area contributed by atoms with Crippen LogP contribution >= 0.6 is 0 Å². The van der Waals surface area contributed by atoms with Gasteiger partial charge in [0.2, 0.25) is 0 Å². The highest BCUT2D eigenvalue weighted by molar-refractivity contribution is 5.89. The van der Waals surface area contributed by atoms with E-state index in [4.69, 9.17) is 19.6 Å². The number of furan rings is 1. The minimum Gasteiger partial charge on any atom is -0.493 e. The van der Waals surface area contributed by atoms with Crippen LogP contribution in [0.1, 0.15) is 47.6 Å². The molecule has 3 rings (SSSR count). The fourth-order valence-corrected chi connectivity index (χ4v) is 3.34. The van der Waals surface area contributed by atoms with Crippen molar-refractivity contribution < 1.29 is 18.7 Å². The molecule has 0 unspecified atom stereocenters. The molecule has 1 aromatic heterocycles. The maximum atomic E-state index is 11.1. The number of primary amides is 1. The Morgan fingerprint density at radius 3 is 2.62 bits per heavy atom. The summed E-state index contributed by atoms with van der Waals surface area (Å²) < 4.78 is 17.1. The summed E-state index contributed by atoms with van der Waals surface area (Å²) in [5.74, 6) is 2.24. The lowest BCUT2D eigenvalue weighted by atomic mass is 10.1. The van der Waals surface area contributed by atoms with E-state index in [0.29, 0.717) is 24.8 Å². The zero-order chi connectivity index (χ0) is 20.6. The van der Waals surface area contributed by atoms with Crippen LogP contribution in [0, 0.1) is 0 Å². The first-order valence-electron chi connectivity index (χ1n) is 9.76. The lowest BCUT2D eigenvalue weighted by Gasteiger charge is -2.20. The van der Waals surface area contributed by atoms with Crippen LogP contribution in [0.25, 0.3) is 0 Å². The Kier molecular flexibility index (Phi) is 6.99. The van der Waals surface area contributed by atoms with Crippen LogP contribution in [0.15, 0.2) is 39.7 Å². The molecule has 0 bridgehead atoms. The lowest BCUT2D eigenvalue weighted by molar-refractivity contribution is 0.0972. The van der Waals surface area contributed by atoms with Crippen LogP contribution in [-0.2, 0) is 13.1 Å². The van der Waals surface area contributed by atoms with Crippen LogP contribution in [0.4, 0.5) is 0 Å². The van der Waals surface area contributed by atoms with Crippen molar-refractivity contribution in [2.45, 2.75) is 44.9 Å². The number of hydrogen-bond acceptors (Lipinski definition) is 5. The number of carbonyl (C=O) groups is 1. The van der Waals surface area contributed by atoms with Gasteiger partial charge in [-0.1, -0.05) is 12.1 Å². The van der Waals surface area contributed by atoms with E-state index in [0.717, 1.165) is 29.9 Å². The third kappa shape index (κ3) is 5.43. The summed E-state index contributed by atoms with van der Waals surface area (Å²) in [5.41, 5.74) is 6.20. The lowest BCUT2D eigenvalue weighted by Crippen LogP contribution is -2.36. The average molecular weight is 400 g/mol. The predicted molar refractivity (Wildman–Crippen MR) is 110 cm³/mol. The number of benzene rings is 1. The number of guanidine groups is 1. The van der Waals surface area contributed by atoms with Gasteiger partial charge < -0.3 is 30.3 Å². The van der Waals surface area contributed by atoms with Gasteiger partial charge in [0.25, 0.3) is 5.91 Å². The van der Waals surface area contributed by atoms with Crippen molar-refractivity contribution in [3.05, 3.63) is 47.4 Å². The SMILES string of the molecule is CN=C(NCc1ccc(C(N)=O)o1)NCc1cccc(OC)c1OC1CCCC1. The number of hydrogen-bond donors (Lipinski definition) is 3. The molecule has 1 amide bonds. The van der Waals surface area contributed by atoms with Gasteiger partial charge in [-0.25, -0.2) is 0 Å². The van der Waals surface area contributed by atoms with E-state index in [2.05, 4.69) is 15.6 Å². The molecule has 1 aromatic carbocycles. The minimum absolute atomic E-state index is 0.134. The highest BCUT2D eigenvalue weighted by Gasteiger charge is 2.20. The Morgan fingerprint density at radius 1 is 1.21 bits per heavy atom. The number of amides is 1. The van der Waals surface area contributed by atoms with Gasteiger partial charge in [-0.05, 0) is 43.9 Å². The molecule has 4 N–H and O–H groups in total. The standard InChI is InChI=1S/C21H28N4O4/c1-23-21(25-13-16-10-11-18(28-16)20(22)26)24-12-14-6-5-9-17(27-2)19(14)29-15-7-3-4-8-15/h5-6,9-11,15H,3-4,7-8,12-13H2,1-2H3,(H2,22,26)(H2,23,24,25). The van der Waals surface area contributed by atoms with E-state index in [-0.39, 0.29) is 11.9 Å². The van der Waals surface area contributed by atoms with Crippen molar-refractivity contribution >= 4 is 11.9 Å². The normalized spacial score (nSPS) is 14.6. The monoisotopic (exact) mass is 400 g/mol. The van der Waals surface area contributed by atoms with Gasteiger partial charge in [0.05, 0.1) is 19.8 Å². The first-order chi connectivity index (χ1) is 14.1. The van der Waals surface area contributed by atoms with Gasteiger partial charge >= 0.3 is 0 Å². The topological polar surface area (TPSA) is 111 Å². The highest BCUT2D eigenvalue weighted by atomic mass is 16.5. The third-order valence-corrected chi connectivity index (χ3v) is 4.87. The van der Waals surface area contributed by atoms with Crippen molar-refractivity contribution in [2.75, 3.05) is 14.2 Å². The molecule has 1 saturated carbocycles. The number of ether oxygens (including phenoxy) is 2. The van der Waals surface area contributed by atoms with E-state index < -0.39 is 5.91 Å². The summed E-state index contributed by atoms with van der Waals surface area (Å²) in [6.07, 6.45) is 4.79. The van der Waals surface area contributed by atoms with Crippen LogP contribution in [0.2, 0.25) is 0 Å². The molecule has 8 nitrogen and oxygen atoms in total. The van der Waals surface area contributed by atoms with Crippen molar-refractivity contribution in [3.63, 3.8) is 0 Å². The number of nitrogens with zero attached hydrogens (tertiary/aromatic N) is 1. The summed E-state index contributed by atoms with van der Waals surface area (Å²) in [7, 11) is 3.34. The van der Waals surface area contributed by atoms with E-state index in [9.17, 15) is 4.79 Å². The smallest absolute Gasteiger partial charge is 0.284 e. The van der Waals surface area contributed by atoms with Crippen molar-refractivity contribution in [1.82, 2.24) is 10.6 Å². The summed E-state index contributed by atoms with van der Waals surface area (Å²) in [4.78, 5) is 15.4. The average Bonchev–Trinajstić information content (AvgIpc) is 3.41. The predicted octanol–water partition coefficient (Wildman–Crippen LogP) is 2.57. The Labute approximate surface area is 170 Å². The summed E-state index contributed by atoms with van der Waals surface area (Å²) >= 11 is 0. The van der Waals surface area contributed by atoms with Gasteiger partial charge in [0.15, 0.2) is 23.2 Å². The molecule has 0 aliphatic heterocycles. The van der Waals surface area contributed by atoms with Crippen LogP contribution in [0.5, 0.6) is 11.5 Å². The van der Waals surface area contributed by atoms with Gasteiger partial charge in [-0.2, -0.15) is 0 Å². The summed E-state index contributed by atoms with van der Waals surface area (Å²) in [6.45, 7) is 0.889. The maximum Gasteiger partial charge on any atom is 0.284 e. The van der Waals surface area contributed by atoms with Crippen LogP contribution in [0.3, 0.4) is 0 Å². The zero-order valence-electron chi connectivity index (χ0n) is 16.9. The second-order valence-electron chi connectivity index (χ2n) is 6.88. The number of nitrogens with two attached hydrogens (primary N) is 1. The molecule has 0 atom stereocenters. The fraction of sp³-hybridized carbons (Fsp3) is 0.429. The van der Waals surface area contributed by atoms with Crippen molar-refractivity contribution in [3.8, 4) is 11.5 Å². The van der Waals surface area contributed by atoms with Crippen LogP contribution in [-0.4, -0.2) is 32.1 Å². The van der Waals surface area contributed by atoms with E-state index in [1.54, 1.807) is 26.3 Å². The minimum atomic E-state index is -0.591. The molecule has 0 radical (unpaired) electrons. The number of rotatable bonds is 8. The summed E-state index contributed by atoms with van der Waals surface area (Å²) in [6, 6.07) is 9.13. The van der Waals surface area contributed by atoms with E-state index in [1.807, 2.05) is 18.2 Å². The number of methoxy groups -OCH3 is 1. The van der Waals surface area contributed by atoms with Gasteiger partial charge in [0.1, 0.15) is 5.76 Å². The Morgan fingerprint density at radius 2 is 1.97 bits per heavy atom. The Hall–Kier alpha value is -3.16. The first-order valence-corrected chi connectivity index (χ1v) is 9.76. The quantitative estimate of drug-likeness (QED) is 0.464. The maximum absolute atomic E-state index is 11.1. The molecule has 29 heavy (non-hydrogen) atoms. The van der Waals surface area contributed by atoms with E-state index in [1.165, 1.54) is 12.8 Å². The fourth-order valence-electron chi connectivity index (χ4n) is 3.34. The second kappa shape index (κ2) is 9.86. The number of aliphatic imine (C=N–C) groups is 1. The molecular formula is C21H28N4O4. The molecule has 1 aliphatic carbocycles. The third-order valence-electron chi connectivity index (χ3n) is 4.87. The second-order valence-corrected chi connectivity index (χ2v) is 6.88.